The molecular formula is C17H16O. The van der Waals surface area contributed by atoms with Gasteiger partial charge < -0.3 is 4.74 Å². The Morgan fingerprint density at radius 1 is 1.11 bits per heavy atom. The first kappa shape index (κ1) is 11.1. The number of allylic oxidation sites excluding steroid dienone is 2. The maximum absolute atomic E-state index is 6.04. The molecule has 0 aliphatic carbocycles. The van der Waals surface area contributed by atoms with Crippen LogP contribution < -0.4 is 4.74 Å². The maximum Gasteiger partial charge on any atom is 0.129 e. The molecule has 2 aromatic carbocycles. The Balaban J connectivity index is 2.37. The highest BCUT2D eigenvalue weighted by molar-refractivity contribution is 5.99. The molecule has 1 heteroatoms. The van der Waals surface area contributed by atoms with Crippen molar-refractivity contribution in [2.24, 2.45) is 0 Å². The van der Waals surface area contributed by atoms with Gasteiger partial charge in [-0.1, -0.05) is 43.0 Å². The summed E-state index contributed by atoms with van der Waals surface area (Å²) in [4.78, 5) is 0. The van der Waals surface area contributed by atoms with E-state index in [1.54, 1.807) is 0 Å². The minimum atomic E-state index is -0.279. The third-order valence-electron chi connectivity index (χ3n) is 3.28. The summed E-state index contributed by atoms with van der Waals surface area (Å²) in [6.07, 6.45) is 4.05. The summed E-state index contributed by atoms with van der Waals surface area (Å²) in [5, 5.41) is 2.45. The molecule has 0 spiro atoms. The van der Waals surface area contributed by atoms with E-state index in [9.17, 15) is 0 Å². The number of benzene rings is 2. The van der Waals surface area contributed by atoms with Gasteiger partial charge in [0.2, 0.25) is 0 Å². The van der Waals surface area contributed by atoms with Gasteiger partial charge in [0.1, 0.15) is 11.4 Å². The highest BCUT2D eigenvalue weighted by atomic mass is 16.5. The van der Waals surface area contributed by atoms with Gasteiger partial charge in [-0.05, 0) is 42.3 Å². The number of rotatable bonds is 1. The van der Waals surface area contributed by atoms with E-state index in [0.717, 1.165) is 16.9 Å². The molecule has 90 valence electrons. The molecule has 0 fully saturated rings. The quantitative estimate of drug-likeness (QED) is 0.704. The van der Waals surface area contributed by atoms with Gasteiger partial charge in [0.25, 0.3) is 0 Å². The predicted molar refractivity (Wildman–Crippen MR) is 76.8 cm³/mol. The topological polar surface area (TPSA) is 9.23 Å². The average Bonchev–Trinajstić information content (AvgIpc) is 2.36. The van der Waals surface area contributed by atoms with E-state index in [2.05, 4.69) is 62.9 Å². The number of fused-ring (bicyclic) bond motifs is 3. The molecule has 0 amide bonds. The van der Waals surface area contributed by atoms with Crippen LogP contribution in [0.1, 0.15) is 19.4 Å². The van der Waals surface area contributed by atoms with Gasteiger partial charge in [0.15, 0.2) is 0 Å². The van der Waals surface area contributed by atoms with Crippen molar-refractivity contribution in [3.63, 3.8) is 0 Å². The summed E-state index contributed by atoms with van der Waals surface area (Å²) in [5.41, 5.74) is 2.03. The Morgan fingerprint density at radius 2 is 1.89 bits per heavy atom. The lowest BCUT2D eigenvalue weighted by molar-refractivity contribution is 0.158. The van der Waals surface area contributed by atoms with E-state index < -0.39 is 0 Å². The fourth-order valence-corrected chi connectivity index (χ4v) is 2.55. The van der Waals surface area contributed by atoms with Crippen LogP contribution in [-0.2, 0) is 0 Å². The highest BCUT2D eigenvalue weighted by Crippen LogP contribution is 2.40. The Labute approximate surface area is 107 Å². The SMILES string of the molecule is C=CC1=CC(C)(C)Oc2ccc3ccccc3c21. The summed E-state index contributed by atoms with van der Waals surface area (Å²) in [6, 6.07) is 12.5. The largest absolute Gasteiger partial charge is 0.483 e. The summed E-state index contributed by atoms with van der Waals surface area (Å²) < 4.78 is 6.04. The smallest absolute Gasteiger partial charge is 0.129 e. The van der Waals surface area contributed by atoms with Crippen LogP contribution in [0.5, 0.6) is 5.75 Å². The molecule has 3 rings (SSSR count). The average molecular weight is 236 g/mol. The van der Waals surface area contributed by atoms with Crippen LogP contribution in [0.25, 0.3) is 16.3 Å². The molecule has 0 aromatic heterocycles. The van der Waals surface area contributed by atoms with Crippen molar-refractivity contribution in [3.05, 3.63) is 60.7 Å². The fourth-order valence-electron chi connectivity index (χ4n) is 2.55. The molecule has 0 saturated carbocycles. The molecule has 18 heavy (non-hydrogen) atoms. The third kappa shape index (κ3) is 1.63. The van der Waals surface area contributed by atoms with E-state index in [1.165, 1.54) is 10.8 Å². The molecule has 1 aliphatic rings. The monoisotopic (exact) mass is 236 g/mol. The third-order valence-corrected chi connectivity index (χ3v) is 3.28. The molecule has 0 atom stereocenters. The van der Waals surface area contributed by atoms with E-state index in [4.69, 9.17) is 4.74 Å². The van der Waals surface area contributed by atoms with Gasteiger partial charge in [0, 0.05) is 5.56 Å². The number of ether oxygens (including phenoxy) is 1. The van der Waals surface area contributed by atoms with Crippen LogP contribution in [0.15, 0.2) is 55.1 Å². The lowest BCUT2D eigenvalue weighted by Crippen LogP contribution is -2.28. The first-order valence-electron chi connectivity index (χ1n) is 6.17. The normalized spacial score (nSPS) is 16.7. The van der Waals surface area contributed by atoms with E-state index in [-0.39, 0.29) is 5.60 Å². The van der Waals surface area contributed by atoms with Crippen molar-refractivity contribution < 1.29 is 4.74 Å². The van der Waals surface area contributed by atoms with Gasteiger partial charge in [-0.25, -0.2) is 0 Å². The molecule has 0 saturated heterocycles. The van der Waals surface area contributed by atoms with Crippen LogP contribution >= 0.6 is 0 Å². The second-order valence-electron chi connectivity index (χ2n) is 5.17. The molecule has 1 aliphatic heterocycles. The van der Waals surface area contributed by atoms with Gasteiger partial charge in [-0.15, -0.1) is 0 Å². The molecule has 0 bridgehead atoms. The highest BCUT2D eigenvalue weighted by Gasteiger charge is 2.26. The molecular weight excluding hydrogens is 220 g/mol. The Hall–Kier alpha value is -2.02. The van der Waals surface area contributed by atoms with Crippen LogP contribution in [0.3, 0.4) is 0 Å². The summed E-state index contributed by atoms with van der Waals surface area (Å²) in [5.74, 6) is 0.941. The van der Waals surface area contributed by atoms with Gasteiger partial charge >= 0.3 is 0 Å². The van der Waals surface area contributed by atoms with Crippen LogP contribution in [-0.4, -0.2) is 5.60 Å². The van der Waals surface area contributed by atoms with Crippen LogP contribution in [0.2, 0.25) is 0 Å². The second kappa shape index (κ2) is 3.74. The Kier molecular flexibility index (Phi) is 2.30. The lowest BCUT2D eigenvalue weighted by Gasteiger charge is -2.31. The molecule has 1 heterocycles. The van der Waals surface area contributed by atoms with Crippen molar-refractivity contribution in [1.82, 2.24) is 0 Å². The van der Waals surface area contributed by atoms with Crippen molar-refractivity contribution in [1.29, 1.82) is 0 Å². The summed E-state index contributed by atoms with van der Waals surface area (Å²) in [7, 11) is 0. The second-order valence-corrected chi connectivity index (χ2v) is 5.17. The lowest BCUT2D eigenvalue weighted by atomic mass is 9.91. The van der Waals surface area contributed by atoms with Crippen molar-refractivity contribution in [3.8, 4) is 5.75 Å². The van der Waals surface area contributed by atoms with Gasteiger partial charge in [-0.3, -0.25) is 0 Å². The number of hydrogen-bond acceptors (Lipinski definition) is 1. The Bertz CT molecular complexity index is 662. The first-order chi connectivity index (χ1) is 8.61. The first-order valence-corrected chi connectivity index (χ1v) is 6.17. The van der Waals surface area contributed by atoms with E-state index >= 15 is 0 Å². The Morgan fingerprint density at radius 3 is 2.67 bits per heavy atom. The fraction of sp³-hybridized carbons (Fsp3) is 0.176. The minimum absolute atomic E-state index is 0.279. The molecule has 0 unspecified atom stereocenters. The minimum Gasteiger partial charge on any atom is -0.483 e. The summed E-state index contributed by atoms with van der Waals surface area (Å²) in [6.45, 7) is 8.06. The zero-order chi connectivity index (χ0) is 12.8. The van der Waals surface area contributed by atoms with Crippen molar-refractivity contribution in [2.75, 3.05) is 0 Å². The molecule has 2 aromatic rings. The van der Waals surface area contributed by atoms with Crippen molar-refractivity contribution in [2.45, 2.75) is 19.4 Å². The van der Waals surface area contributed by atoms with Crippen LogP contribution in [0, 0.1) is 0 Å². The van der Waals surface area contributed by atoms with E-state index in [0.29, 0.717) is 0 Å². The molecule has 0 N–H and O–H groups in total. The maximum atomic E-state index is 6.04. The zero-order valence-corrected chi connectivity index (χ0v) is 10.7. The summed E-state index contributed by atoms with van der Waals surface area (Å²) >= 11 is 0. The zero-order valence-electron chi connectivity index (χ0n) is 10.7. The molecule has 1 nitrogen and oxygen atoms in total. The predicted octanol–water partition coefficient (Wildman–Crippen LogP) is 4.58. The molecule has 0 radical (unpaired) electrons. The van der Waals surface area contributed by atoms with Gasteiger partial charge in [-0.2, -0.15) is 0 Å². The van der Waals surface area contributed by atoms with Crippen LogP contribution in [0.4, 0.5) is 0 Å². The van der Waals surface area contributed by atoms with Gasteiger partial charge in [0.05, 0.1) is 0 Å². The van der Waals surface area contributed by atoms with Crippen molar-refractivity contribution >= 4 is 16.3 Å². The van der Waals surface area contributed by atoms with E-state index in [1.807, 2.05) is 6.08 Å². The number of hydrogen-bond donors (Lipinski definition) is 0. The standard InChI is InChI=1S/C17H16O/c1-4-12-11-17(2,3)18-15-10-9-13-7-5-6-8-14(13)16(12)15/h4-11H,1H2,2-3H3.